The van der Waals surface area contributed by atoms with Crippen LogP contribution in [0.4, 0.5) is 5.95 Å². The molecule has 0 aliphatic carbocycles. The van der Waals surface area contributed by atoms with Crippen molar-refractivity contribution in [3.8, 4) is 0 Å². The van der Waals surface area contributed by atoms with Crippen LogP contribution in [-0.2, 0) is 4.79 Å². The molecule has 1 aromatic carbocycles. The summed E-state index contributed by atoms with van der Waals surface area (Å²) in [5.74, 6) is 0.764. The van der Waals surface area contributed by atoms with E-state index in [9.17, 15) is 4.79 Å². The number of amides is 1. The lowest BCUT2D eigenvalue weighted by Gasteiger charge is -2.34. The first-order valence-corrected chi connectivity index (χ1v) is 10.2. The van der Waals surface area contributed by atoms with E-state index in [2.05, 4.69) is 61.3 Å². The number of carbonyl (C=O) groups is 1. The lowest BCUT2D eigenvalue weighted by molar-refractivity contribution is -0.122. The quantitative estimate of drug-likeness (QED) is 0.681. The van der Waals surface area contributed by atoms with Gasteiger partial charge in [-0.2, -0.15) is 0 Å². The van der Waals surface area contributed by atoms with Crippen LogP contribution in [0, 0.1) is 6.92 Å². The van der Waals surface area contributed by atoms with Crippen molar-refractivity contribution < 1.29 is 4.79 Å². The zero-order valence-corrected chi connectivity index (χ0v) is 17.1. The number of nitrogens with one attached hydrogen (secondary N) is 1. The summed E-state index contributed by atoms with van der Waals surface area (Å²) < 4.78 is 0. The fourth-order valence-corrected chi connectivity index (χ4v) is 3.64. The molecule has 0 spiro atoms. The third kappa shape index (κ3) is 4.99. The zero-order chi connectivity index (χ0) is 20.8. The van der Waals surface area contributed by atoms with Crippen molar-refractivity contribution in [2.24, 2.45) is 0 Å². The lowest BCUT2D eigenvalue weighted by Crippen LogP contribution is -2.50. The number of benzene rings is 1. The number of rotatable bonds is 6. The Bertz CT molecular complexity index is 940. The molecule has 1 saturated heterocycles. The van der Waals surface area contributed by atoms with Gasteiger partial charge >= 0.3 is 0 Å². The molecular formula is C23H26N6O. The van der Waals surface area contributed by atoms with E-state index in [1.54, 1.807) is 24.8 Å². The molecule has 1 aliphatic rings. The minimum atomic E-state index is -0.194. The topological polar surface area (TPSA) is 74.2 Å². The molecule has 7 heteroatoms. The standard InChI is InChI=1S/C23H26N6O/c1-18-3-5-19(6-4-18)22(20-7-11-24-12-8-20)27-21(30)17-28-13-15-29(16-14-28)23-25-9-2-10-26-23/h2-12,22H,13-17H2,1H3,(H,27,30). The molecule has 1 unspecified atom stereocenters. The second-order valence-electron chi connectivity index (χ2n) is 7.50. The minimum Gasteiger partial charge on any atom is -0.344 e. The molecule has 4 rings (SSSR count). The van der Waals surface area contributed by atoms with Gasteiger partial charge in [-0.15, -0.1) is 0 Å². The van der Waals surface area contributed by atoms with Crippen LogP contribution in [-0.4, -0.2) is 58.5 Å². The molecule has 3 aromatic rings. The molecule has 1 N–H and O–H groups in total. The van der Waals surface area contributed by atoms with E-state index in [4.69, 9.17) is 0 Å². The Hall–Kier alpha value is -3.32. The van der Waals surface area contributed by atoms with E-state index in [1.807, 2.05) is 18.2 Å². The second kappa shape index (κ2) is 9.45. The Balaban J connectivity index is 1.38. The predicted octanol–water partition coefficient (Wildman–Crippen LogP) is 2.21. The molecule has 0 bridgehead atoms. The molecule has 0 radical (unpaired) electrons. The maximum atomic E-state index is 12.9. The van der Waals surface area contributed by atoms with Gasteiger partial charge in [0.05, 0.1) is 12.6 Å². The fraction of sp³-hybridized carbons (Fsp3) is 0.304. The maximum Gasteiger partial charge on any atom is 0.234 e. The van der Waals surface area contributed by atoms with Crippen LogP contribution in [0.3, 0.4) is 0 Å². The number of pyridine rings is 1. The highest BCUT2D eigenvalue weighted by molar-refractivity contribution is 5.79. The summed E-state index contributed by atoms with van der Waals surface area (Å²) in [5.41, 5.74) is 3.28. The summed E-state index contributed by atoms with van der Waals surface area (Å²) >= 11 is 0. The van der Waals surface area contributed by atoms with Gasteiger partial charge in [0, 0.05) is 51.0 Å². The van der Waals surface area contributed by atoms with Gasteiger partial charge in [0.2, 0.25) is 11.9 Å². The molecule has 154 valence electrons. The number of hydrogen-bond donors (Lipinski definition) is 1. The second-order valence-corrected chi connectivity index (χ2v) is 7.50. The largest absolute Gasteiger partial charge is 0.344 e. The maximum absolute atomic E-state index is 12.9. The van der Waals surface area contributed by atoms with Gasteiger partial charge in [-0.3, -0.25) is 14.7 Å². The van der Waals surface area contributed by atoms with Gasteiger partial charge in [-0.25, -0.2) is 9.97 Å². The number of hydrogen-bond acceptors (Lipinski definition) is 6. The number of piperazine rings is 1. The van der Waals surface area contributed by atoms with E-state index >= 15 is 0 Å². The normalized spacial score (nSPS) is 15.6. The van der Waals surface area contributed by atoms with Gasteiger partial charge < -0.3 is 10.2 Å². The average Bonchev–Trinajstić information content (AvgIpc) is 2.80. The van der Waals surface area contributed by atoms with Crippen LogP contribution in [0.2, 0.25) is 0 Å². The Labute approximate surface area is 176 Å². The smallest absolute Gasteiger partial charge is 0.234 e. The highest BCUT2D eigenvalue weighted by Gasteiger charge is 2.22. The van der Waals surface area contributed by atoms with E-state index < -0.39 is 0 Å². The van der Waals surface area contributed by atoms with E-state index in [0.717, 1.165) is 43.3 Å². The van der Waals surface area contributed by atoms with Crippen LogP contribution >= 0.6 is 0 Å². The Morgan fingerprint density at radius 1 is 0.933 bits per heavy atom. The SMILES string of the molecule is Cc1ccc(C(NC(=O)CN2CCN(c3ncccn3)CC2)c2ccncc2)cc1. The van der Waals surface area contributed by atoms with Crippen molar-refractivity contribution in [2.75, 3.05) is 37.6 Å². The third-order valence-corrected chi connectivity index (χ3v) is 5.33. The average molecular weight is 403 g/mol. The van der Waals surface area contributed by atoms with Crippen molar-refractivity contribution in [1.82, 2.24) is 25.2 Å². The van der Waals surface area contributed by atoms with Gasteiger partial charge in [-0.1, -0.05) is 29.8 Å². The van der Waals surface area contributed by atoms with Gasteiger partial charge in [0.25, 0.3) is 0 Å². The van der Waals surface area contributed by atoms with Gasteiger partial charge in [0.15, 0.2) is 0 Å². The first kappa shape index (κ1) is 20.0. The van der Waals surface area contributed by atoms with Crippen molar-refractivity contribution in [3.05, 3.63) is 83.9 Å². The van der Waals surface area contributed by atoms with Crippen LogP contribution in [0.1, 0.15) is 22.7 Å². The molecule has 1 fully saturated rings. The number of carbonyl (C=O) groups excluding carboxylic acids is 1. The van der Waals surface area contributed by atoms with E-state index in [1.165, 1.54) is 5.56 Å². The van der Waals surface area contributed by atoms with Crippen molar-refractivity contribution in [3.63, 3.8) is 0 Å². The summed E-state index contributed by atoms with van der Waals surface area (Å²) in [6, 6.07) is 13.8. The summed E-state index contributed by atoms with van der Waals surface area (Å²) in [6.07, 6.45) is 7.03. The van der Waals surface area contributed by atoms with Gasteiger partial charge in [0.1, 0.15) is 0 Å². The molecule has 1 aliphatic heterocycles. The predicted molar refractivity (Wildman–Crippen MR) is 116 cm³/mol. The number of aryl methyl sites for hydroxylation is 1. The molecule has 7 nitrogen and oxygen atoms in total. The first-order chi connectivity index (χ1) is 14.7. The monoisotopic (exact) mass is 402 g/mol. The van der Waals surface area contributed by atoms with E-state index in [-0.39, 0.29) is 11.9 Å². The summed E-state index contributed by atoms with van der Waals surface area (Å²) in [7, 11) is 0. The first-order valence-electron chi connectivity index (χ1n) is 10.2. The minimum absolute atomic E-state index is 0.0156. The molecule has 1 atom stereocenters. The van der Waals surface area contributed by atoms with Crippen molar-refractivity contribution >= 4 is 11.9 Å². The fourth-order valence-electron chi connectivity index (χ4n) is 3.64. The Kier molecular flexibility index (Phi) is 6.29. The Morgan fingerprint density at radius 2 is 1.57 bits per heavy atom. The van der Waals surface area contributed by atoms with Crippen LogP contribution in [0.5, 0.6) is 0 Å². The van der Waals surface area contributed by atoms with Crippen LogP contribution in [0.25, 0.3) is 0 Å². The van der Waals surface area contributed by atoms with Gasteiger partial charge in [-0.05, 0) is 36.2 Å². The molecule has 3 heterocycles. The molecule has 0 saturated carbocycles. The number of anilines is 1. The van der Waals surface area contributed by atoms with Crippen molar-refractivity contribution in [1.29, 1.82) is 0 Å². The molecule has 1 amide bonds. The highest BCUT2D eigenvalue weighted by Crippen LogP contribution is 2.22. The number of nitrogens with zero attached hydrogens (tertiary/aromatic N) is 5. The highest BCUT2D eigenvalue weighted by atomic mass is 16.2. The molecule has 2 aromatic heterocycles. The lowest BCUT2D eigenvalue weighted by atomic mass is 9.98. The summed E-state index contributed by atoms with van der Waals surface area (Å²) in [4.78, 5) is 29.9. The van der Waals surface area contributed by atoms with E-state index in [0.29, 0.717) is 6.54 Å². The summed E-state index contributed by atoms with van der Waals surface area (Å²) in [6.45, 7) is 5.65. The summed E-state index contributed by atoms with van der Waals surface area (Å²) in [5, 5.41) is 3.21. The van der Waals surface area contributed by atoms with Crippen molar-refractivity contribution in [2.45, 2.75) is 13.0 Å². The molecule has 30 heavy (non-hydrogen) atoms. The van der Waals surface area contributed by atoms with Crippen LogP contribution in [0.15, 0.2) is 67.3 Å². The number of aromatic nitrogens is 3. The third-order valence-electron chi connectivity index (χ3n) is 5.33. The Morgan fingerprint density at radius 3 is 2.23 bits per heavy atom. The zero-order valence-electron chi connectivity index (χ0n) is 17.1. The van der Waals surface area contributed by atoms with Crippen LogP contribution < -0.4 is 10.2 Å². The molecular weight excluding hydrogens is 376 g/mol.